The number of benzene rings is 3. The quantitative estimate of drug-likeness (QED) is 0.274. The first-order valence-corrected chi connectivity index (χ1v) is 11.5. The van der Waals surface area contributed by atoms with Gasteiger partial charge in [-0.3, -0.25) is 19.6 Å². The number of hydrogen-bond donors (Lipinski definition) is 3. The zero-order valence-corrected chi connectivity index (χ0v) is 19.4. The molecule has 0 unspecified atom stereocenters. The van der Waals surface area contributed by atoms with E-state index in [-0.39, 0.29) is 31.3 Å². The second-order valence-electron chi connectivity index (χ2n) is 8.65. The number of carbonyl (C=O) groups is 2. The maximum Gasteiger partial charge on any atom is 0.305 e. The number of aliphatic carboxylic acids is 1. The summed E-state index contributed by atoms with van der Waals surface area (Å²) in [5.74, 6) is -0.0187. The van der Waals surface area contributed by atoms with Gasteiger partial charge in [-0.15, -0.1) is 10.2 Å². The smallest absolute Gasteiger partial charge is 0.305 e. The van der Waals surface area contributed by atoms with Gasteiger partial charge in [-0.25, -0.2) is 0 Å². The van der Waals surface area contributed by atoms with Gasteiger partial charge in [0.05, 0.1) is 24.2 Å². The lowest BCUT2D eigenvalue weighted by Gasteiger charge is -2.19. The fourth-order valence-corrected chi connectivity index (χ4v) is 4.37. The zero-order chi connectivity index (χ0) is 25.2. The monoisotopic (exact) mass is 480 g/mol. The number of amidine groups is 1. The van der Waals surface area contributed by atoms with E-state index in [1.165, 1.54) is 4.90 Å². The minimum Gasteiger partial charge on any atom is -0.481 e. The maximum absolute atomic E-state index is 13.6. The van der Waals surface area contributed by atoms with Crippen LogP contribution < -0.4 is 5.73 Å². The third-order valence-electron chi connectivity index (χ3n) is 6.18. The van der Waals surface area contributed by atoms with Crippen molar-refractivity contribution in [3.8, 4) is 17.1 Å². The Labute approximate surface area is 207 Å². The summed E-state index contributed by atoms with van der Waals surface area (Å²) >= 11 is 0. The molecule has 1 amide bonds. The van der Waals surface area contributed by atoms with Gasteiger partial charge in [0.25, 0.3) is 5.91 Å². The molecule has 36 heavy (non-hydrogen) atoms. The predicted molar refractivity (Wildman–Crippen MR) is 134 cm³/mol. The molecule has 0 bridgehead atoms. The third-order valence-corrected chi connectivity index (χ3v) is 6.18. The number of nitrogens with zero attached hydrogens (tertiary/aromatic N) is 4. The number of aromatic nitrogens is 3. The Morgan fingerprint density at radius 3 is 2.42 bits per heavy atom. The number of rotatable bonds is 7. The highest BCUT2D eigenvalue weighted by atomic mass is 16.4. The lowest BCUT2D eigenvalue weighted by Crippen LogP contribution is -2.32. The highest BCUT2D eigenvalue weighted by Gasteiger charge is 2.30. The van der Waals surface area contributed by atoms with Crippen molar-refractivity contribution in [1.29, 1.82) is 5.41 Å². The van der Waals surface area contributed by atoms with Crippen molar-refractivity contribution in [3.63, 3.8) is 0 Å². The Hall–Kier alpha value is -4.79. The minimum atomic E-state index is -0.971. The molecule has 2 heterocycles. The Bertz CT molecular complexity index is 1460. The first-order valence-electron chi connectivity index (χ1n) is 11.5. The molecule has 9 heteroatoms. The molecule has 5 rings (SSSR count). The molecular formula is C27H24N6O3. The number of fused-ring (bicyclic) bond motifs is 3. The maximum atomic E-state index is 13.6. The minimum absolute atomic E-state index is 0.0117. The van der Waals surface area contributed by atoms with Crippen molar-refractivity contribution in [2.45, 2.75) is 19.4 Å². The molecule has 4 aromatic rings. The van der Waals surface area contributed by atoms with Crippen molar-refractivity contribution in [3.05, 3.63) is 101 Å². The molecule has 180 valence electrons. The summed E-state index contributed by atoms with van der Waals surface area (Å²) in [6.07, 6.45) is 0.414. The topological polar surface area (TPSA) is 138 Å². The van der Waals surface area contributed by atoms with Gasteiger partial charge in [-0.2, -0.15) is 0 Å². The largest absolute Gasteiger partial charge is 0.481 e. The molecule has 0 atom stereocenters. The van der Waals surface area contributed by atoms with Crippen LogP contribution in [0.5, 0.6) is 0 Å². The van der Waals surface area contributed by atoms with Crippen molar-refractivity contribution >= 4 is 17.7 Å². The number of nitrogens with two attached hydrogens (primary N) is 1. The number of hydrogen-bond acceptors (Lipinski definition) is 5. The van der Waals surface area contributed by atoms with Crippen LogP contribution in [0.4, 0.5) is 0 Å². The fraction of sp³-hybridized carbons (Fsp3) is 0.148. The van der Waals surface area contributed by atoms with Crippen LogP contribution in [-0.2, 0) is 17.8 Å². The van der Waals surface area contributed by atoms with Crippen LogP contribution in [0.1, 0.15) is 39.3 Å². The summed E-state index contributed by atoms with van der Waals surface area (Å²) in [7, 11) is 0. The van der Waals surface area contributed by atoms with Crippen molar-refractivity contribution in [1.82, 2.24) is 19.7 Å². The fourth-order valence-electron chi connectivity index (χ4n) is 4.37. The van der Waals surface area contributed by atoms with Gasteiger partial charge < -0.3 is 15.7 Å². The molecule has 1 aliphatic rings. The number of amides is 1. The highest BCUT2D eigenvalue weighted by molar-refractivity contribution is 5.99. The average molecular weight is 481 g/mol. The molecule has 1 aliphatic heterocycles. The number of nitrogens with one attached hydrogen (secondary N) is 1. The van der Waals surface area contributed by atoms with Gasteiger partial charge in [-0.05, 0) is 29.7 Å². The molecule has 0 fully saturated rings. The summed E-state index contributed by atoms with van der Waals surface area (Å²) in [5, 5.41) is 25.5. The van der Waals surface area contributed by atoms with Crippen LogP contribution in [0, 0.1) is 5.41 Å². The van der Waals surface area contributed by atoms with Gasteiger partial charge >= 0.3 is 5.97 Å². The Balaban J connectivity index is 1.58. The Morgan fingerprint density at radius 2 is 1.72 bits per heavy atom. The first kappa shape index (κ1) is 23.0. The van der Waals surface area contributed by atoms with Gasteiger partial charge in [0.15, 0.2) is 11.6 Å². The van der Waals surface area contributed by atoms with Crippen LogP contribution >= 0.6 is 0 Å². The highest BCUT2D eigenvalue weighted by Crippen LogP contribution is 2.30. The number of nitrogen functional groups attached to an aromatic ring is 1. The van der Waals surface area contributed by atoms with E-state index in [2.05, 4.69) is 10.2 Å². The summed E-state index contributed by atoms with van der Waals surface area (Å²) in [6, 6.07) is 22.8. The standard InChI is InChI=1S/C27H24N6O3/c28-25(29)19-9-6-17(7-10-19)14-18-8-11-22-21(15-18)27(36)32(13-12-24(34)35)16-23-30-31-26(33(22)23)20-4-2-1-3-5-20/h1-11,15H,12-14,16H2,(H3,28,29)(H,34,35). The van der Waals surface area contributed by atoms with E-state index in [1.807, 2.05) is 65.2 Å². The summed E-state index contributed by atoms with van der Waals surface area (Å²) in [5.41, 5.74) is 10.1. The van der Waals surface area contributed by atoms with E-state index in [4.69, 9.17) is 11.1 Å². The molecule has 4 N–H and O–H groups in total. The number of carboxylic acid groups (broad SMARTS) is 1. The number of carbonyl (C=O) groups excluding carboxylic acids is 1. The summed E-state index contributed by atoms with van der Waals surface area (Å²) < 4.78 is 1.88. The molecule has 0 aliphatic carbocycles. The van der Waals surface area contributed by atoms with Crippen LogP contribution in [0.25, 0.3) is 17.1 Å². The molecule has 1 aromatic heterocycles. The van der Waals surface area contributed by atoms with E-state index < -0.39 is 5.97 Å². The molecule has 3 aromatic carbocycles. The van der Waals surface area contributed by atoms with E-state index in [0.29, 0.717) is 34.9 Å². The van der Waals surface area contributed by atoms with E-state index >= 15 is 0 Å². The Kier molecular flexibility index (Phi) is 6.03. The average Bonchev–Trinajstić information content (AvgIpc) is 3.25. The molecular weight excluding hydrogens is 456 g/mol. The second kappa shape index (κ2) is 9.46. The first-order chi connectivity index (χ1) is 17.4. The van der Waals surface area contributed by atoms with Crippen LogP contribution in [0.3, 0.4) is 0 Å². The van der Waals surface area contributed by atoms with Gasteiger partial charge in [-0.1, -0.05) is 60.7 Å². The third kappa shape index (κ3) is 4.46. The normalized spacial score (nSPS) is 12.6. The van der Waals surface area contributed by atoms with Crippen LogP contribution in [0.2, 0.25) is 0 Å². The summed E-state index contributed by atoms with van der Waals surface area (Å²) in [4.78, 5) is 26.4. The van der Waals surface area contributed by atoms with E-state index in [0.717, 1.165) is 16.7 Å². The molecule has 0 saturated carbocycles. The molecule has 9 nitrogen and oxygen atoms in total. The molecule has 0 saturated heterocycles. The molecule has 0 spiro atoms. The Morgan fingerprint density at radius 1 is 1.00 bits per heavy atom. The van der Waals surface area contributed by atoms with E-state index in [1.54, 1.807) is 12.1 Å². The van der Waals surface area contributed by atoms with Crippen molar-refractivity contribution in [2.24, 2.45) is 5.73 Å². The predicted octanol–water partition coefficient (Wildman–Crippen LogP) is 3.24. The van der Waals surface area contributed by atoms with Crippen LogP contribution in [0.15, 0.2) is 72.8 Å². The van der Waals surface area contributed by atoms with Gasteiger partial charge in [0.1, 0.15) is 5.84 Å². The van der Waals surface area contributed by atoms with E-state index in [9.17, 15) is 14.7 Å². The summed E-state index contributed by atoms with van der Waals surface area (Å²) in [6.45, 7) is 0.223. The van der Waals surface area contributed by atoms with Gasteiger partial charge in [0.2, 0.25) is 0 Å². The lowest BCUT2D eigenvalue weighted by molar-refractivity contribution is -0.137. The SMILES string of the molecule is N=C(N)c1ccc(Cc2ccc3c(c2)C(=O)N(CCC(=O)O)Cc2nnc(-c4ccccc4)n2-3)cc1. The zero-order valence-electron chi connectivity index (χ0n) is 19.4. The van der Waals surface area contributed by atoms with Crippen molar-refractivity contribution in [2.75, 3.05) is 6.54 Å². The second-order valence-corrected chi connectivity index (χ2v) is 8.65. The van der Waals surface area contributed by atoms with Crippen LogP contribution in [-0.4, -0.2) is 49.0 Å². The van der Waals surface area contributed by atoms with Crippen molar-refractivity contribution < 1.29 is 14.7 Å². The number of carboxylic acids is 1. The van der Waals surface area contributed by atoms with Gasteiger partial charge in [0, 0.05) is 17.7 Å². The molecule has 0 radical (unpaired) electrons. The lowest BCUT2D eigenvalue weighted by atomic mass is 10.00.